The fraction of sp³-hybridized carbons (Fsp3) is 0.304. The Morgan fingerprint density at radius 3 is 2.50 bits per heavy atom. The number of carbonyl (C=O) groups excluding carboxylic acids is 1. The maximum absolute atomic E-state index is 13.2. The van der Waals surface area contributed by atoms with Gasteiger partial charge in [0.2, 0.25) is 0 Å². The number of aromatic nitrogens is 2. The molecule has 0 saturated carbocycles. The Morgan fingerprint density at radius 2 is 1.80 bits per heavy atom. The zero-order valence-electron chi connectivity index (χ0n) is 17.6. The molecule has 0 aliphatic carbocycles. The van der Waals surface area contributed by atoms with Crippen LogP contribution in [0.25, 0.3) is 11.3 Å². The number of aromatic amines is 1. The molecule has 30 heavy (non-hydrogen) atoms. The molecule has 1 aliphatic rings. The first-order chi connectivity index (χ1) is 14.6. The van der Waals surface area contributed by atoms with Gasteiger partial charge in [-0.1, -0.05) is 19.1 Å². The average Bonchev–Trinajstić information content (AvgIpc) is 3.33. The van der Waals surface area contributed by atoms with Crippen LogP contribution in [0.4, 0.5) is 0 Å². The van der Waals surface area contributed by atoms with Gasteiger partial charge in [-0.3, -0.25) is 9.89 Å². The molecule has 2 heterocycles. The number of hydrogen-bond donors (Lipinski definition) is 1. The Kier molecular flexibility index (Phi) is 5.35. The van der Waals surface area contributed by atoms with Gasteiger partial charge in [0.25, 0.3) is 5.91 Å². The van der Waals surface area contributed by atoms with E-state index < -0.39 is 0 Å². The number of hydrogen-bond acceptors (Lipinski definition) is 5. The molecule has 7 heteroatoms. The lowest BCUT2D eigenvalue weighted by atomic mass is 9.95. The summed E-state index contributed by atoms with van der Waals surface area (Å²) >= 11 is 0. The van der Waals surface area contributed by atoms with Crippen LogP contribution in [-0.4, -0.2) is 48.9 Å². The number of ether oxygens (including phenoxy) is 3. The van der Waals surface area contributed by atoms with Gasteiger partial charge in [-0.2, -0.15) is 5.10 Å². The Labute approximate surface area is 175 Å². The third-order valence-corrected chi connectivity index (χ3v) is 5.41. The summed E-state index contributed by atoms with van der Waals surface area (Å²) in [5.74, 6) is 2.04. The standard InChI is InChI=1S/C23H25N3O4/c1-5-11-26-22(17-10-9-16(29-3)13-18(17)30-4)19-20(24-25-21(19)23(26)27)14-7-6-8-15(12-14)28-2/h6-10,12-13,22H,5,11H2,1-4H3,(H,24,25). The van der Waals surface area contributed by atoms with Crippen molar-refractivity contribution in [1.29, 1.82) is 0 Å². The molecule has 156 valence electrons. The summed E-state index contributed by atoms with van der Waals surface area (Å²) in [5.41, 5.74) is 3.88. The van der Waals surface area contributed by atoms with Crippen molar-refractivity contribution in [1.82, 2.24) is 15.1 Å². The molecule has 4 rings (SSSR count). The van der Waals surface area contributed by atoms with Crippen LogP contribution in [0.1, 0.15) is 41.0 Å². The van der Waals surface area contributed by atoms with Gasteiger partial charge >= 0.3 is 0 Å². The molecule has 0 radical (unpaired) electrons. The number of benzene rings is 2. The van der Waals surface area contributed by atoms with Crippen molar-refractivity contribution < 1.29 is 19.0 Å². The van der Waals surface area contributed by atoms with Crippen molar-refractivity contribution >= 4 is 5.91 Å². The zero-order chi connectivity index (χ0) is 21.3. The molecular formula is C23H25N3O4. The van der Waals surface area contributed by atoms with Gasteiger partial charge in [0.05, 0.1) is 33.1 Å². The van der Waals surface area contributed by atoms with Gasteiger partial charge in [-0.05, 0) is 30.7 Å². The highest BCUT2D eigenvalue weighted by Crippen LogP contribution is 2.46. The van der Waals surface area contributed by atoms with Crippen LogP contribution in [-0.2, 0) is 0 Å². The van der Waals surface area contributed by atoms with Crippen LogP contribution < -0.4 is 14.2 Å². The van der Waals surface area contributed by atoms with E-state index in [4.69, 9.17) is 14.2 Å². The normalized spacial score (nSPS) is 15.3. The summed E-state index contributed by atoms with van der Waals surface area (Å²) in [6, 6.07) is 13.1. The average molecular weight is 407 g/mol. The van der Waals surface area contributed by atoms with Gasteiger partial charge in [-0.15, -0.1) is 0 Å². The summed E-state index contributed by atoms with van der Waals surface area (Å²) in [6.45, 7) is 2.68. The van der Waals surface area contributed by atoms with Crippen LogP contribution in [0.5, 0.6) is 17.2 Å². The molecule has 7 nitrogen and oxygen atoms in total. The minimum Gasteiger partial charge on any atom is -0.497 e. The van der Waals surface area contributed by atoms with E-state index in [9.17, 15) is 4.79 Å². The van der Waals surface area contributed by atoms with Gasteiger partial charge < -0.3 is 19.1 Å². The van der Waals surface area contributed by atoms with Crippen molar-refractivity contribution in [2.45, 2.75) is 19.4 Å². The van der Waals surface area contributed by atoms with Gasteiger partial charge in [0, 0.05) is 29.3 Å². The third kappa shape index (κ3) is 3.16. The van der Waals surface area contributed by atoms with E-state index in [-0.39, 0.29) is 11.9 Å². The zero-order valence-corrected chi connectivity index (χ0v) is 17.6. The van der Waals surface area contributed by atoms with E-state index in [1.807, 2.05) is 47.4 Å². The Morgan fingerprint density at radius 1 is 1.03 bits per heavy atom. The fourth-order valence-electron chi connectivity index (χ4n) is 4.03. The molecule has 0 bridgehead atoms. The lowest BCUT2D eigenvalue weighted by Crippen LogP contribution is -2.30. The lowest BCUT2D eigenvalue weighted by molar-refractivity contribution is 0.0742. The molecule has 3 aromatic rings. The maximum Gasteiger partial charge on any atom is 0.273 e. The van der Waals surface area contributed by atoms with E-state index in [0.717, 1.165) is 34.6 Å². The molecular weight excluding hydrogens is 382 g/mol. The molecule has 0 fully saturated rings. The molecule has 0 saturated heterocycles. The van der Waals surface area contributed by atoms with Crippen LogP contribution in [0.2, 0.25) is 0 Å². The molecule has 1 unspecified atom stereocenters. The van der Waals surface area contributed by atoms with E-state index in [0.29, 0.717) is 23.7 Å². The van der Waals surface area contributed by atoms with Crippen molar-refractivity contribution in [2.75, 3.05) is 27.9 Å². The summed E-state index contributed by atoms with van der Waals surface area (Å²) < 4.78 is 16.4. The first-order valence-corrected chi connectivity index (χ1v) is 9.88. The molecule has 1 aliphatic heterocycles. The van der Waals surface area contributed by atoms with Crippen LogP contribution >= 0.6 is 0 Å². The molecule has 1 N–H and O–H groups in total. The van der Waals surface area contributed by atoms with Gasteiger partial charge in [0.15, 0.2) is 0 Å². The minimum absolute atomic E-state index is 0.0589. The second-order valence-electron chi connectivity index (χ2n) is 7.10. The van der Waals surface area contributed by atoms with Crippen molar-refractivity contribution in [3.05, 3.63) is 59.3 Å². The minimum atomic E-state index is -0.312. The van der Waals surface area contributed by atoms with Crippen molar-refractivity contribution in [2.24, 2.45) is 0 Å². The quantitative estimate of drug-likeness (QED) is 0.639. The number of carbonyl (C=O) groups is 1. The monoisotopic (exact) mass is 407 g/mol. The number of amides is 1. The smallest absolute Gasteiger partial charge is 0.273 e. The first kappa shape index (κ1) is 19.8. The number of rotatable bonds is 7. The van der Waals surface area contributed by atoms with Crippen LogP contribution in [0.15, 0.2) is 42.5 Å². The highest BCUT2D eigenvalue weighted by Gasteiger charge is 2.43. The van der Waals surface area contributed by atoms with Gasteiger partial charge in [-0.25, -0.2) is 0 Å². The van der Waals surface area contributed by atoms with E-state index in [1.165, 1.54) is 0 Å². The van der Waals surface area contributed by atoms with Gasteiger partial charge in [0.1, 0.15) is 22.9 Å². The second kappa shape index (κ2) is 8.10. The predicted octanol–water partition coefficient (Wildman–Crippen LogP) is 4.06. The molecule has 0 spiro atoms. The topological polar surface area (TPSA) is 76.7 Å². The van der Waals surface area contributed by atoms with E-state index in [1.54, 1.807) is 21.3 Å². The SMILES string of the molecule is CCCN1C(=O)c2[nH]nc(-c3cccc(OC)c3)c2C1c1ccc(OC)cc1OC. The van der Waals surface area contributed by atoms with E-state index in [2.05, 4.69) is 17.1 Å². The second-order valence-corrected chi connectivity index (χ2v) is 7.10. The number of methoxy groups -OCH3 is 3. The number of nitrogens with one attached hydrogen (secondary N) is 1. The van der Waals surface area contributed by atoms with Crippen LogP contribution in [0.3, 0.4) is 0 Å². The third-order valence-electron chi connectivity index (χ3n) is 5.41. The Balaban J connectivity index is 1.91. The van der Waals surface area contributed by atoms with Crippen molar-refractivity contribution in [3.63, 3.8) is 0 Å². The Hall–Kier alpha value is -3.48. The largest absolute Gasteiger partial charge is 0.497 e. The number of nitrogens with zero attached hydrogens (tertiary/aromatic N) is 2. The molecule has 2 aromatic carbocycles. The van der Waals surface area contributed by atoms with E-state index >= 15 is 0 Å². The number of fused-ring (bicyclic) bond motifs is 1. The highest BCUT2D eigenvalue weighted by molar-refractivity contribution is 6.00. The summed E-state index contributed by atoms with van der Waals surface area (Å²) in [5, 5.41) is 7.47. The van der Waals surface area contributed by atoms with Crippen molar-refractivity contribution in [3.8, 4) is 28.5 Å². The molecule has 1 atom stereocenters. The molecule has 1 amide bonds. The predicted molar refractivity (Wildman–Crippen MR) is 113 cm³/mol. The summed E-state index contributed by atoms with van der Waals surface area (Å²) in [6.07, 6.45) is 0.840. The highest BCUT2D eigenvalue weighted by atomic mass is 16.5. The maximum atomic E-state index is 13.2. The number of H-pyrrole nitrogens is 1. The molecule has 1 aromatic heterocycles. The van der Waals surface area contributed by atoms with Crippen LogP contribution in [0, 0.1) is 0 Å². The summed E-state index contributed by atoms with van der Waals surface area (Å²) in [7, 11) is 4.87. The fourth-order valence-corrected chi connectivity index (χ4v) is 4.03. The lowest BCUT2D eigenvalue weighted by Gasteiger charge is -2.27. The first-order valence-electron chi connectivity index (χ1n) is 9.88. The summed E-state index contributed by atoms with van der Waals surface area (Å²) in [4.78, 5) is 15.1. The Bertz CT molecular complexity index is 1080.